The van der Waals surface area contributed by atoms with Gasteiger partial charge in [0.1, 0.15) is 0 Å². The number of nitrogens with zero attached hydrogens (tertiary/aromatic N) is 1. The first kappa shape index (κ1) is 15.8. The summed E-state index contributed by atoms with van der Waals surface area (Å²) in [6.45, 7) is 3.76. The Labute approximate surface area is 122 Å². The van der Waals surface area contributed by atoms with Crippen molar-refractivity contribution < 1.29 is 9.59 Å². The predicted octanol–water partition coefficient (Wildman–Crippen LogP) is 4.17. The summed E-state index contributed by atoms with van der Waals surface area (Å²) in [5.74, 6) is -0.286. The largest absolute Gasteiger partial charge is 0.328 e. The lowest BCUT2D eigenvalue weighted by molar-refractivity contribution is -0.125. The van der Waals surface area contributed by atoms with Gasteiger partial charge in [0.15, 0.2) is 0 Å². The molecule has 0 aromatic heterocycles. The molecule has 0 aliphatic heterocycles. The Morgan fingerprint density at radius 1 is 1.26 bits per heavy atom. The molecule has 19 heavy (non-hydrogen) atoms. The molecule has 1 aromatic carbocycles. The number of halogens is 2. The number of urea groups is 1. The number of hydrogen-bond acceptors (Lipinski definition) is 2. The molecular weight excluding hydrogens is 287 g/mol. The number of amides is 3. The summed E-state index contributed by atoms with van der Waals surface area (Å²) in [7, 11) is 0. The van der Waals surface area contributed by atoms with Gasteiger partial charge in [-0.2, -0.15) is 0 Å². The van der Waals surface area contributed by atoms with Crippen LogP contribution in [0.2, 0.25) is 10.0 Å². The molecule has 0 radical (unpaired) electrons. The van der Waals surface area contributed by atoms with Crippen LogP contribution in [0.4, 0.5) is 10.5 Å². The van der Waals surface area contributed by atoms with E-state index in [1.165, 1.54) is 11.8 Å². The molecule has 3 amide bonds. The highest BCUT2D eigenvalue weighted by Crippen LogP contribution is 2.25. The second-order valence-corrected chi connectivity index (χ2v) is 4.90. The van der Waals surface area contributed by atoms with Gasteiger partial charge in [-0.1, -0.05) is 36.5 Å². The van der Waals surface area contributed by atoms with Gasteiger partial charge in [0.25, 0.3) is 0 Å². The fourth-order valence-corrected chi connectivity index (χ4v) is 1.78. The molecule has 0 aliphatic carbocycles. The molecular formula is C13H16Cl2N2O2. The fourth-order valence-electron chi connectivity index (χ4n) is 1.48. The zero-order valence-electron chi connectivity index (χ0n) is 10.9. The fraction of sp³-hybridized carbons (Fsp3) is 0.385. The number of hydrogen-bond donors (Lipinski definition) is 1. The van der Waals surface area contributed by atoms with Gasteiger partial charge < -0.3 is 5.32 Å². The molecule has 0 aliphatic rings. The van der Waals surface area contributed by atoms with Crippen LogP contribution in [0.15, 0.2) is 18.2 Å². The van der Waals surface area contributed by atoms with Crippen molar-refractivity contribution in [1.29, 1.82) is 0 Å². The molecule has 0 atom stereocenters. The number of anilines is 1. The van der Waals surface area contributed by atoms with Crippen LogP contribution in [0.3, 0.4) is 0 Å². The van der Waals surface area contributed by atoms with Crippen molar-refractivity contribution in [3.8, 4) is 0 Å². The van der Waals surface area contributed by atoms with E-state index in [9.17, 15) is 9.59 Å². The van der Waals surface area contributed by atoms with Gasteiger partial charge in [0, 0.05) is 19.2 Å². The molecule has 0 bridgehead atoms. The summed E-state index contributed by atoms with van der Waals surface area (Å²) < 4.78 is 0. The van der Waals surface area contributed by atoms with Crippen LogP contribution in [-0.2, 0) is 4.79 Å². The summed E-state index contributed by atoms with van der Waals surface area (Å²) >= 11 is 11.6. The maximum atomic E-state index is 12.0. The van der Waals surface area contributed by atoms with Crippen LogP contribution in [0.1, 0.15) is 26.7 Å². The first-order chi connectivity index (χ1) is 8.95. The molecule has 0 saturated heterocycles. The lowest BCUT2D eigenvalue weighted by Crippen LogP contribution is -2.39. The Morgan fingerprint density at radius 3 is 2.47 bits per heavy atom. The number of imide groups is 1. The summed E-state index contributed by atoms with van der Waals surface area (Å²) in [6.07, 6.45) is 1.68. The average molecular weight is 303 g/mol. The predicted molar refractivity (Wildman–Crippen MR) is 77.8 cm³/mol. The van der Waals surface area contributed by atoms with Gasteiger partial charge in [-0.05, 0) is 24.6 Å². The molecule has 0 fully saturated rings. The summed E-state index contributed by atoms with van der Waals surface area (Å²) in [4.78, 5) is 24.6. The van der Waals surface area contributed by atoms with Crippen molar-refractivity contribution in [2.45, 2.75) is 26.7 Å². The van der Waals surface area contributed by atoms with Crippen molar-refractivity contribution in [3.05, 3.63) is 28.2 Å². The highest BCUT2D eigenvalue weighted by atomic mass is 35.5. The summed E-state index contributed by atoms with van der Waals surface area (Å²) in [5, 5.41) is 3.38. The minimum absolute atomic E-state index is 0.286. The number of carbonyl (C=O) groups excluding carboxylic acids is 2. The van der Waals surface area contributed by atoms with Gasteiger partial charge in [-0.15, -0.1) is 0 Å². The zero-order chi connectivity index (χ0) is 14.4. The lowest BCUT2D eigenvalue weighted by Gasteiger charge is -2.19. The molecule has 1 rings (SSSR count). The Hall–Kier alpha value is -1.26. The molecule has 0 heterocycles. The molecule has 1 aromatic rings. The number of carbonyl (C=O) groups is 2. The van der Waals surface area contributed by atoms with E-state index >= 15 is 0 Å². The van der Waals surface area contributed by atoms with E-state index in [1.807, 2.05) is 6.92 Å². The maximum absolute atomic E-state index is 12.0. The van der Waals surface area contributed by atoms with Crippen LogP contribution in [0, 0.1) is 0 Å². The highest BCUT2D eigenvalue weighted by Gasteiger charge is 2.17. The van der Waals surface area contributed by atoms with Gasteiger partial charge in [0.2, 0.25) is 5.91 Å². The molecule has 0 unspecified atom stereocenters. The van der Waals surface area contributed by atoms with E-state index < -0.39 is 6.03 Å². The van der Waals surface area contributed by atoms with Gasteiger partial charge in [-0.3, -0.25) is 9.69 Å². The number of benzene rings is 1. The van der Waals surface area contributed by atoms with E-state index in [-0.39, 0.29) is 5.91 Å². The number of unbranched alkanes of at least 4 members (excludes halogenated alkanes) is 1. The normalized spacial score (nSPS) is 10.1. The molecule has 4 nitrogen and oxygen atoms in total. The third-order valence-electron chi connectivity index (χ3n) is 2.53. The van der Waals surface area contributed by atoms with Crippen molar-refractivity contribution >= 4 is 40.8 Å². The Balaban J connectivity index is 2.75. The molecule has 1 N–H and O–H groups in total. The number of rotatable bonds is 4. The third-order valence-corrected chi connectivity index (χ3v) is 3.27. The molecule has 0 spiro atoms. The highest BCUT2D eigenvalue weighted by molar-refractivity contribution is 6.42. The van der Waals surface area contributed by atoms with Crippen LogP contribution in [0.5, 0.6) is 0 Å². The van der Waals surface area contributed by atoms with Crippen LogP contribution in [0.25, 0.3) is 0 Å². The first-order valence-corrected chi connectivity index (χ1v) is 6.75. The third kappa shape index (κ3) is 4.73. The topological polar surface area (TPSA) is 49.4 Å². The van der Waals surface area contributed by atoms with Crippen LogP contribution < -0.4 is 5.32 Å². The van der Waals surface area contributed by atoms with Crippen molar-refractivity contribution in [3.63, 3.8) is 0 Å². The molecule has 0 saturated carbocycles. The van der Waals surface area contributed by atoms with Gasteiger partial charge >= 0.3 is 6.03 Å². The van der Waals surface area contributed by atoms with Crippen LogP contribution >= 0.6 is 23.2 Å². The Morgan fingerprint density at radius 2 is 1.95 bits per heavy atom. The zero-order valence-corrected chi connectivity index (χ0v) is 12.4. The smallest absolute Gasteiger partial charge is 0.307 e. The monoisotopic (exact) mass is 302 g/mol. The van der Waals surface area contributed by atoms with E-state index in [0.29, 0.717) is 22.3 Å². The van der Waals surface area contributed by atoms with E-state index in [1.54, 1.807) is 18.2 Å². The molecule has 6 heteroatoms. The van der Waals surface area contributed by atoms with Crippen LogP contribution in [-0.4, -0.2) is 23.4 Å². The first-order valence-electron chi connectivity index (χ1n) is 5.99. The second-order valence-electron chi connectivity index (χ2n) is 4.08. The molecule has 104 valence electrons. The summed E-state index contributed by atoms with van der Waals surface area (Å²) in [6, 6.07) is 4.30. The Bertz CT molecular complexity index is 478. The minimum Gasteiger partial charge on any atom is -0.307 e. The SMILES string of the molecule is CCCCN(C(C)=O)C(=O)Nc1ccc(Cl)c(Cl)c1. The average Bonchev–Trinajstić information content (AvgIpc) is 2.34. The van der Waals surface area contributed by atoms with Crippen molar-refractivity contribution in [2.24, 2.45) is 0 Å². The maximum Gasteiger partial charge on any atom is 0.328 e. The minimum atomic E-state index is -0.459. The van der Waals surface area contributed by atoms with Crippen molar-refractivity contribution in [2.75, 3.05) is 11.9 Å². The lowest BCUT2D eigenvalue weighted by atomic mass is 10.3. The standard InChI is InChI=1S/C13H16Cl2N2O2/c1-3-4-7-17(9(2)18)13(19)16-10-5-6-11(14)12(15)8-10/h5-6,8H,3-4,7H2,1-2H3,(H,16,19). The summed E-state index contributed by atoms with van der Waals surface area (Å²) in [5.41, 5.74) is 0.502. The number of nitrogens with one attached hydrogen (secondary N) is 1. The van der Waals surface area contributed by atoms with Gasteiger partial charge in [-0.25, -0.2) is 4.79 Å². The van der Waals surface area contributed by atoms with E-state index in [4.69, 9.17) is 23.2 Å². The van der Waals surface area contributed by atoms with E-state index in [2.05, 4.69) is 5.32 Å². The van der Waals surface area contributed by atoms with Crippen molar-refractivity contribution in [1.82, 2.24) is 4.90 Å². The Kier molecular flexibility index (Phi) is 6.12. The van der Waals surface area contributed by atoms with Gasteiger partial charge in [0.05, 0.1) is 10.0 Å². The second kappa shape index (κ2) is 7.36. The quantitative estimate of drug-likeness (QED) is 0.907. The van der Waals surface area contributed by atoms with E-state index in [0.717, 1.165) is 12.8 Å².